The van der Waals surface area contributed by atoms with Crippen molar-refractivity contribution < 1.29 is 24.5 Å². The lowest BCUT2D eigenvalue weighted by Gasteiger charge is -2.24. The standard InChI is InChI=1S/C23H22Cl2N2O5/c24-18-11-15(32-13-23(29)30)12-19(25)16(18)9-14-4-5-21(28)17(10-14)20-6-7-26-27(20)22-3-1-2-8-31-22/h4-7,10-12,22,28H,1-3,8-9,13H2,(H,29,30). The van der Waals surface area contributed by atoms with E-state index in [1.165, 1.54) is 0 Å². The molecular weight excluding hydrogens is 455 g/mol. The van der Waals surface area contributed by atoms with Gasteiger partial charge in [-0.05, 0) is 60.7 Å². The van der Waals surface area contributed by atoms with Crippen LogP contribution in [0.2, 0.25) is 10.0 Å². The Morgan fingerprint density at radius 2 is 1.97 bits per heavy atom. The van der Waals surface area contributed by atoms with Gasteiger partial charge < -0.3 is 19.7 Å². The van der Waals surface area contributed by atoms with Gasteiger partial charge in [0, 0.05) is 34.8 Å². The number of carbonyl (C=O) groups is 1. The summed E-state index contributed by atoms with van der Waals surface area (Å²) in [4.78, 5) is 10.7. The topological polar surface area (TPSA) is 93.8 Å². The van der Waals surface area contributed by atoms with Crippen molar-refractivity contribution in [1.82, 2.24) is 9.78 Å². The molecule has 1 aromatic heterocycles. The first-order valence-electron chi connectivity index (χ1n) is 10.2. The molecule has 1 atom stereocenters. The Bertz CT molecular complexity index is 1100. The summed E-state index contributed by atoms with van der Waals surface area (Å²) in [5, 5.41) is 24.5. The predicted octanol–water partition coefficient (Wildman–Crippen LogP) is 5.32. The highest BCUT2D eigenvalue weighted by atomic mass is 35.5. The molecule has 0 amide bonds. The molecule has 1 saturated heterocycles. The fourth-order valence-electron chi connectivity index (χ4n) is 3.75. The summed E-state index contributed by atoms with van der Waals surface area (Å²) in [6.07, 6.45) is 4.94. The Hall–Kier alpha value is -2.74. The predicted molar refractivity (Wildman–Crippen MR) is 121 cm³/mol. The van der Waals surface area contributed by atoms with Crippen LogP contribution >= 0.6 is 23.2 Å². The molecule has 1 aliphatic heterocycles. The Labute approximate surface area is 195 Å². The third kappa shape index (κ3) is 5.01. The molecule has 7 nitrogen and oxygen atoms in total. The molecule has 0 aliphatic carbocycles. The molecule has 4 rings (SSSR count). The third-order valence-corrected chi connectivity index (χ3v) is 5.97. The summed E-state index contributed by atoms with van der Waals surface area (Å²) in [5.74, 6) is -0.661. The maximum Gasteiger partial charge on any atom is 0.341 e. The van der Waals surface area contributed by atoms with Gasteiger partial charge in [0.05, 0.1) is 5.69 Å². The SMILES string of the molecule is O=C(O)COc1cc(Cl)c(Cc2ccc(O)c(-c3ccnn3C3CCCCO3)c2)c(Cl)c1. The number of halogens is 2. The number of aromatic hydroxyl groups is 1. The van der Waals surface area contributed by atoms with Crippen LogP contribution in [0.15, 0.2) is 42.6 Å². The van der Waals surface area contributed by atoms with Crippen molar-refractivity contribution in [2.24, 2.45) is 0 Å². The van der Waals surface area contributed by atoms with E-state index in [0.29, 0.717) is 34.2 Å². The lowest BCUT2D eigenvalue weighted by atomic mass is 10.0. The van der Waals surface area contributed by atoms with Crippen LogP contribution in [0.5, 0.6) is 11.5 Å². The fourth-order valence-corrected chi connectivity index (χ4v) is 4.35. The highest BCUT2D eigenvalue weighted by Crippen LogP contribution is 2.36. The molecule has 2 N–H and O–H groups in total. The number of nitrogens with zero attached hydrogens (tertiary/aromatic N) is 2. The average molecular weight is 477 g/mol. The van der Waals surface area contributed by atoms with E-state index in [-0.39, 0.29) is 17.7 Å². The highest BCUT2D eigenvalue weighted by molar-refractivity contribution is 6.36. The number of carboxylic acids is 1. The van der Waals surface area contributed by atoms with E-state index < -0.39 is 12.6 Å². The minimum atomic E-state index is -1.09. The first-order valence-corrected chi connectivity index (χ1v) is 11.0. The normalized spacial score (nSPS) is 16.1. The van der Waals surface area contributed by atoms with Crippen LogP contribution in [0, 0.1) is 0 Å². The molecule has 2 aromatic carbocycles. The summed E-state index contributed by atoms with van der Waals surface area (Å²) in [5.41, 5.74) is 2.98. The summed E-state index contributed by atoms with van der Waals surface area (Å²) in [6, 6.07) is 10.3. The van der Waals surface area contributed by atoms with E-state index in [0.717, 1.165) is 30.5 Å². The molecule has 1 aliphatic rings. The van der Waals surface area contributed by atoms with Crippen molar-refractivity contribution >= 4 is 29.2 Å². The van der Waals surface area contributed by atoms with Gasteiger partial charge >= 0.3 is 5.97 Å². The molecule has 0 saturated carbocycles. The molecule has 2 heterocycles. The minimum absolute atomic E-state index is 0.140. The molecular formula is C23H22Cl2N2O5. The lowest BCUT2D eigenvalue weighted by molar-refractivity contribution is -0.139. The number of aliphatic carboxylic acids is 1. The van der Waals surface area contributed by atoms with Gasteiger partial charge in [0.2, 0.25) is 0 Å². The molecule has 3 aromatic rings. The monoisotopic (exact) mass is 476 g/mol. The van der Waals surface area contributed by atoms with Crippen LogP contribution in [0.1, 0.15) is 36.6 Å². The maximum absolute atomic E-state index is 10.7. The average Bonchev–Trinajstić information content (AvgIpc) is 3.26. The molecule has 0 spiro atoms. The minimum Gasteiger partial charge on any atom is -0.507 e. The fraction of sp³-hybridized carbons (Fsp3) is 0.304. The largest absolute Gasteiger partial charge is 0.507 e. The number of aromatic nitrogens is 2. The molecule has 1 unspecified atom stereocenters. The molecule has 0 radical (unpaired) electrons. The molecule has 1 fully saturated rings. The van der Waals surface area contributed by atoms with Crippen molar-refractivity contribution in [1.29, 1.82) is 0 Å². The van der Waals surface area contributed by atoms with Gasteiger partial charge in [0.15, 0.2) is 12.8 Å². The quantitative estimate of drug-likeness (QED) is 0.479. The van der Waals surface area contributed by atoms with E-state index in [4.69, 9.17) is 37.8 Å². The molecule has 9 heteroatoms. The van der Waals surface area contributed by atoms with Crippen LogP contribution in [0.25, 0.3) is 11.3 Å². The maximum atomic E-state index is 10.7. The van der Waals surface area contributed by atoms with Crippen molar-refractivity contribution in [2.45, 2.75) is 31.9 Å². The number of phenolic OH excluding ortho intramolecular Hbond substituents is 1. The number of hydrogen-bond donors (Lipinski definition) is 2. The number of hydrogen-bond acceptors (Lipinski definition) is 5. The van der Waals surface area contributed by atoms with Crippen LogP contribution in [0.4, 0.5) is 0 Å². The van der Waals surface area contributed by atoms with Crippen molar-refractivity contribution in [3.63, 3.8) is 0 Å². The zero-order valence-electron chi connectivity index (χ0n) is 17.1. The summed E-state index contributed by atoms with van der Waals surface area (Å²) < 4.78 is 12.8. The van der Waals surface area contributed by atoms with Crippen LogP contribution in [0.3, 0.4) is 0 Å². The summed E-state index contributed by atoms with van der Waals surface area (Å²) in [7, 11) is 0. The first kappa shape index (κ1) is 22.5. The second-order valence-corrected chi connectivity index (χ2v) is 8.37. The van der Waals surface area contributed by atoms with Crippen LogP contribution in [-0.4, -0.2) is 39.2 Å². The van der Waals surface area contributed by atoms with E-state index in [9.17, 15) is 9.90 Å². The van der Waals surface area contributed by atoms with Crippen molar-refractivity contribution in [3.8, 4) is 22.8 Å². The van der Waals surface area contributed by atoms with Gasteiger partial charge in [0.25, 0.3) is 0 Å². The number of ether oxygens (including phenoxy) is 2. The smallest absolute Gasteiger partial charge is 0.341 e. The van der Waals surface area contributed by atoms with E-state index in [1.54, 1.807) is 30.5 Å². The number of benzene rings is 2. The van der Waals surface area contributed by atoms with Crippen molar-refractivity contribution in [3.05, 3.63) is 63.8 Å². The zero-order valence-corrected chi connectivity index (χ0v) is 18.6. The highest BCUT2D eigenvalue weighted by Gasteiger charge is 2.21. The van der Waals surface area contributed by atoms with Gasteiger partial charge in [-0.1, -0.05) is 29.3 Å². The Morgan fingerprint density at radius 1 is 1.19 bits per heavy atom. The molecule has 32 heavy (non-hydrogen) atoms. The first-order chi connectivity index (χ1) is 15.4. The van der Waals surface area contributed by atoms with E-state index >= 15 is 0 Å². The number of phenols is 1. The van der Waals surface area contributed by atoms with Gasteiger partial charge in [-0.3, -0.25) is 0 Å². The number of carboxylic acid groups (broad SMARTS) is 1. The molecule has 168 valence electrons. The summed E-state index contributed by atoms with van der Waals surface area (Å²) >= 11 is 12.8. The van der Waals surface area contributed by atoms with Gasteiger partial charge in [-0.2, -0.15) is 5.10 Å². The summed E-state index contributed by atoms with van der Waals surface area (Å²) in [6.45, 7) is 0.213. The van der Waals surface area contributed by atoms with E-state index in [1.807, 2.05) is 16.8 Å². The lowest BCUT2D eigenvalue weighted by Crippen LogP contribution is -2.19. The third-order valence-electron chi connectivity index (χ3n) is 5.29. The van der Waals surface area contributed by atoms with E-state index in [2.05, 4.69) is 5.10 Å². The Morgan fingerprint density at radius 3 is 2.66 bits per heavy atom. The zero-order chi connectivity index (χ0) is 22.7. The van der Waals surface area contributed by atoms with Crippen LogP contribution in [-0.2, 0) is 16.0 Å². The molecule has 0 bridgehead atoms. The second-order valence-electron chi connectivity index (χ2n) is 7.56. The van der Waals surface area contributed by atoms with Gasteiger partial charge in [-0.25, -0.2) is 9.48 Å². The van der Waals surface area contributed by atoms with Crippen LogP contribution < -0.4 is 4.74 Å². The second kappa shape index (κ2) is 9.81. The Kier molecular flexibility index (Phi) is 6.89. The Balaban J connectivity index is 1.61. The number of rotatable bonds is 7. The van der Waals surface area contributed by atoms with Crippen molar-refractivity contribution in [2.75, 3.05) is 13.2 Å². The van der Waals surface area contributed by atoms with Gasteiger partial charge in [0.1, 0.15) is 11.5 Å². The van der Waals surface area contributed by atoms with Gasteiger partial charge in [-0.15, -0.1) is 0 Å².